The van der Waals surface area contributed by atoms with Crippen molar-refractivity contribution in [1.29, 1.82) is 0 Å². The van der Waals surface area contributed by atoms with Gasteiger partial charge in [0.25, 0.3) is 0 Å². The monoisotopic (exact) mass is 371 g/mol. The maximum Gasteiger partial charge on any atom is 0.241 e. The molecule has 5 nitrogen and oxygen atoms in total. The van der Waals surface area contributed by atoms with E-state index in [0.29, 0.717) is 10.6 Å². The second-order valence-electron chi connectivity index (χ2n) is 5.43. The summed E-state index contributed by atoms with van der Waals surface area (Å²) in [6, 6.07) is 3.63. The second-order valence-corrected chi connectivity index (χ2v) is 8.11. The molecule has 8 heteroatoms. The SMILES string of the molecule is CCN(CC)Cc1csc(CNS(=O)(=O)c2ccc(F)cc2C)n1. The fourth-order valence-electron chi connectivity index (χ4n) is 2.33. The first kappa shape index (κ1) is 19.0. The van der Waals surface area contributed by atoms with Crippen molar-refractivity contribution in [2.75, 3.05) is 13.1 Å². The average Bonchev–Trinajstić information content (AvgIpc) is 2.98. The highest BCUT2D eigenvalue weighted by Crippen LogP contribution is 2.17. The van der Waals surface area contributed by atoms with Crippen LogP contribution in [0.4, 0.5) is 4.39 Å². The fourth-order valence-corrected chi connectivity index (χ4v) is 4.36. The molecule has 2 aromatic rings. The number of rotatable bonds is 8. The van der Waals surface area contributed by atoms with Crippen molar-refractivity contribution in [2.45, 2.75) is 38.8 Å². The molecule has 0 saturated heterocycles. The molecular weight excluding hydrogens is 349 g/mol. The van der Waals surface area contributed by atoms with E-state index < -0.39 is 15.8 Å². The molecule has 24 heavy (non-hydrogen) atoms. The molecule has 0 fully saturated rings. The number of aromatic nitrogens is 1. The molecule has 0 aliphatic heterocycles. The van der Waals surface area contributed by atoms with E-state index in [1.807, 2.05) is 5.38 Å². The highest BCUT2D eigenvalue weighted by Gasteiger charge is 2.17. The maximum atomic E-state index is 13.1. The molecule has 0 spiro atoms. The van der Waals surface area contributed by atoms with Gasteiger partial charge in [-0.05, 0) is 43.8 Å². The zero-order valence-electron chi connectivity index (χ0n) is 14.0. The lowest BCUT2D eigenvalue weighted by atomic mass is 10.2. The van der Waals surface area contributed by atoms with Gasteiger partial charge in [-0.15, -0.1) is 11.3 Å². The van der Waals surface area contributed by atoms with Gasteiger partial charge in [0.2, 0.25) is 10.0 Å². The first-order chi connectivity index (χ1) is 11.4. The quantitative estimate of drug-likeness (QED) is 0.775. The summed E-state index contributed by atoms with van der Waals surface area (Å²) in [4.78, 5) is 6.80. The van der Waals surface area contributed by atoms with Gasteiger partial charge in [-0.2, -0.15) is 0 Å². The third kappa shape index (κ3) is 4.83. The van der Waals surface area contributed by atoms with Gasteiger partial charge in [-0.3, -0.25) is 4.90 Å². The standard InChI is InChI=1S/C16H22FN3O2S2/c1-4-20(5-2)10-14-11-23-16(19-14)9-18-24(21,22)15-7-6-13(17)8-12(15)3/h6-8,11,18H,4-5,9-10H2,1-3H3. The molecule has 0 amide bonds. The third-order valence-electron chi connectivity index (χ3n) is 3.72. The lowest BCUT2D eigenvalue weighted by Crippen LogP contribution is -2.24. The lowest BCUT2D eigenvalue weighted by Gasteiger charge is -2.15. The number of thiazole rings is 1. The summed E-state index contributed by atoms with van der Waals surface area (Å²) < 4.78 is 40.4. The van der Waals surface area contributed by atoms with Gasteiger partial charge in [0, 0.05) is 11.9 Å². The number of nitrogens with one attached hydrogen (secondary N) is 1. The Kier molecular flexibility index (Phi) is 6.45. The minimum atomic E-state index is -3.69. The van der Waals surface area contributed by atoms with E-state index in [4.69, 9.17) is 0 Å². The van der Waals surface area contributed by atoms with Crippen molar-refractivity contribution < 1.29 is 12.8 Å². The van der Waals surface area contributed by atoms with Crippen LogP contribution >= 0.6 is 11.3 Å². The Morgan fingerprint density at radius 3 is 2.62 bits per heavy atom. The molecule has 0 saturated carbocycles. The zero-order chi connectivity index (χ0) is 17.7. The maximum absolute atomic E-state index is 13.1. The summed E-state index contributed by atoms with van der Waals surface area (Å²) in [6.45, 7) is 8.53. The molecule has 0 aliphatic carbocycles. The Bertz CT molecular complexity index is 786. The Labute approximate surface area is 146 Å². The largest absolute Gasteiger partial charge is 0.298 e. The van der Waals surface area contributed by atoms with E-state index in [1.165, 1.54) is 23.5 Å². The summed E-state index contributed by atoms with van der Waals surface area (Å²) in [5.74, 6) is -0.451. The fraction of sp³-hybridized carbons (Fsp3) is 0.438. The van der Waals surface area contributed by atoms with Crippen LogP contribution in [0.2, 0.25) is 0 Å². The molecule has 0 unspecified atom stereocenters. The van der Waals surface area contributed by atoms with Crippen LogP contribution in [0.25, 0.3) is 0 Å². The Balaban J connectivity index is 2.03. The number of hydrogen-bond donors (Lipinski definition) is 1. The van der Waals surface area contributed by atoms with E-state index >= 15 is 0 Å². The van der Waals surface area contributed by atoms with Gasteiger partial charge in [-0.1, -0.05) is 13.8 Å². The molecule has 0 bridgehead atoms. The van der Waals surface area contributed by atoms with Crippen LogP contribution in [0.15, 0.2) is 28.5 Å². The molecule has 1 heterocycles. The molecular formula is C16H22FN3O2S2. The molecule has 2 rings (SSSR count). The van der Waals surface area contributed by atoms with Gasteiger partial charge in [-0.25, -0.2) is 22.5 Å². The van der Waals surface area contributed by atoms with E-state index in [9.17, 15) is 12.8 Å². The van der Waals surface area contributed by atoms with Crippen LogP contribution < -0.4 is 4.72 Å². The predicted octanol–water partition coefficient (Wildman–Crippen LogP) is 2.91. The van der Waals surface area contributed by atoms with Crippen molar-refractivity contribution in [3.05, 3.63) is 45.7 Å². The first-order valence-electron chi connectivity index (χ1n) is 7.77. The molecule has 0 atom stereocenters. The number of nitrogens with zero attached hydrogens (tertiary/aromatic N) is 2. The van der Waals surface area contributed by atoms with Crippen LogP contribution in [0.5, 0.6) is 0 Å². The van der Waals surface area contributed by atoms with Gasteiger partial charge in [0.05, 0.1) is 17.1 Å². The van der Waals surface area contributed by atoms with Gasteiger partial charge < -0.3 is 0 Å². The van der Waals surface area contributed by atoms with Crippen molar-refractivity contribution >= 4 is 21.4 Å². The Morgan fingerprint density at radius 2 is 2.00 bits per heavy atom. The first-order valence-corrected chi connectivity index (χ1v) is 10.1. The number of benzene rings is 1. The number of halogens is 1. The van der Waals surface area contributed by atoms with Crippen molar-refractivity contribution in [2.24, 2.45) is 0 Å². The average molecular weight is 372 g/mol. The van der Waals surface area contributed by atoms with Crippen LogP contribution in [-0.2, 0) is 23.1 Å². The van der Waals surface area contributed by atoms with E-state index in [2.05, 4.69) is 28.5 Å². The number of aryl methyl sites for hydroxylation is 1. The van der Waals surface area contributed by atoms with Crippen LogP contribution in [0.3, 0.4) is 0 Å². The molecule has 0 radical (unpaired) electrons. The number of sulfonamides is 1. The third-order valence-corrected chi connectivity index (χ3v) is 6.18. The van der Waals surface area contributed by atoms with Crippen LogP contribution in [0.1, 0.15) is 30.1 Å². The molecule has 1 aromatic heterocycles. The minimum absolute atomic E-state index is 0.0869. The Hall–Kier alpha value is -1.35. The summed E-state index contributed by atoms with van der Waals surface area (Å²) in [6.07, 6.45) is 0. The van der Waals surface area contributed by atoms with Gasteiger partial charge >= 0.3 is 0 Å². The summed E-state index contributed by atoms with van der Waals surface area (Å²) >= 11 is 1.43. The van der Waals surface area contributed by atoms with E-state index in [0.717, 1.165) is 31.4 Å². The molecule has 0 aliphatic rings. The summed E-state index contributed by atoms with van der Waals surface area (Å²) in [5.41, 5.74) is 1.32. The van der Waals surface area contributed by atoms with Gasteiger partial charge in [0.1, 0.15) is 10.8 Å². The van der Waals surface area contributed by atoms with Crippen LogP contribution in [0, 0.1) is 12.7 Å². The molecule has 1 N–H and O–H groups in total. The molecule has 1 aromatic carbocycles. The molecule has 132 valence electrons. The normalized spacial score (nSPS) is 12.0. The highest BCUT2D eigenvalue weighted by atomic mass is 32.2. The van der Waals surface area contributed by atoms with E-state index in [1.54, 1.807) is 6.92 Å². The summed E-state index contributed by atoms with van der Waals surface area (Å²) in [7, 11) is -3.69. The zero-order valence-corrected chi connectivity index (χ0v) is 15.7. The Morgan fingerprint density at radius 1 is 1.29 bits per heavy atom. The van der Waals surface area contributed by atoms with Gasteiger partial charge in [0.15, 0.2) is 0 Å². The van der Waals surface area contributed by atoms with E-state index in [-0.39, 0.29) is 11.4 Å². The summed E-state index contributed by atoms with van der Waals surface area (Å²) in [5, 5.41) is 2.66. The lowest BCUT2D eigenvalue weighted by molar-refractivity contribution is 0.292. The topological polar surface area (TPSA) is 62.3 Å². The van der Waals surface area contributed by atoms with Crippen molar-refractivity contribution in [1.82, 2.24) is 14.6 Å². The predicted molar refractivity (Wildman–Crippen MR) is 93.9 cm³/mol. The van der Waals surface area contributed by atoms with Crippen molar-refractivity contribution in [3.63, 3.8) is 0 Å². The van der Waals surface area contributed by atoms with Crippen molar-refractivity contribution in [3.8, 4) is 0 Å². The second kappa shape index (κ2) is 8.15. The van der Waals surface area contributed by atoms with Crippen LogP contribution in [-0.4, -0.2) is 31.4 Å². The smallest absolute Gasteiger partial charge is 0.241 e. The minimum Gasteiger partial charge on any atom is -0.298 e. The number of hydrogen-bond acceptors (Lipinski definition) is 5. The highest BCUT2D eigenvalue weighted by molar-refractivity contribution is 7.89.